The highest BCUT2D eigenvalue weighted by atomic mass is 16.5. The Morgan fingerprint density at radius 2 is 2.00 bits per heavy atom. The minimum atomic E-state index is 0.296. The predicted octanol–water partition coefficient (Wildman–Crippen LogP) is 2.80. The van der Waals surface area contributed by atoms with Crippen molar-refractivity contribution in [1.29, 1.82) is 0 Å². The number of nitrogens with one attached hydrogen (secondary N) is 1. The second-order valence-corrected chi connectivity index (χ2v) is 6.80. The molecule has 1 atom stereocenters. The Hall–Kier alpha value is -0.120. The summed E-state index contributed by atoms with van der Waals surface area (Å²) in [6, 6.07) is 0.653. The largest absolute Gasteiger partial charge is 0.370 e. The van der Waals surface area contributed by atoms with Crippen molar-refractivity contribution >= 4 is 0 Å². The first-order chi connectivity index (χ1) is 9.11. The van der Waals surface area contributed by atoms with Gasteiger partial charge in [-0.25, -0.2) is 0 Å². The Balaban J connectivity index is 1.52. The van der Waals surface area contributed by atoms with Gasteiger partial charge in [-0.2, -0.15) is 0 Å². The van der Waals surface area contributed by atoms with Gasteiger partial charge < -0.3 is 15.0 Å². The van der Waals surface area contributed by atoms with E-state index in [2.05, 4.69) is 31.1 Å². The molecular weight excluding hydrogens is 236 g/mol. The topological polar surface area (TPSA) is 24.5 Å². The lowest BCUT2D eigenvalue weighted by Gasteiger charge is -2.24. The lowest BCUT2D eigenvalue weighted by atomic mass is 9.98. The number of nitrogens with zero attached hydrogens (tertiary/aromatic N) is 1. The van der Waals surface area contributed by atoms with E-state index in [4.69, 9.17) is 4.74 Å². The first-order valence-corrected chi connectivity index (χ1v) is 8.20. The molecule has 1 saturated heterocycles. The summed E-state index contributed by atoms with van der Waals surface area (Å²) in [4.78, 5) is 2.40. The molecule has 2 rings (SSSR count). The van der Waals surface area contributed by atoms with Crippen LogP contribution in [0.1, 0.15) is 58.8 Å². The molecule has 1 N–H and O–H groups in total. The third kappa shape index (κ3) is 4.44. The normalized spacial score (nSPS) is 26.1. The standard InChI is InChI=1S/C16H32N2O/c1-14(2)18(3)12-6-11-17-13-15-7-10-16(19-15)8-4-5-9-16/h14-15,17H,4-13H2,1-3H3. The second-order valence-electron chi connectivity index (χ2n) is 6.80. The molecule has 0 bridgehead atoms. The molecule has 0 aromatic carbocycles. The number of rotatable bonds is 7. The number of ether oxygens (including phenoxy) is 1. The van der Waals surface area contributed by atoms with Crippen molar-refractivity contribution in [3.05, 3.63) is 0 Å². The molecular formula is C16H32N2O. The molecule has 0 radical (unpaired) electrons. The zero-order chi connectivity index (χ0) is 13.7. The summed E-state index contributed by atoms with van der Waals surface area (Å²) in [7, 11) is 2.20. The van der Waals surface area contributed by atoms with E-state index < -0.39 is 0 Å². The Kier molecular flexibility index (Phi) is 5.67. The maximum absolute atomic E-state index is 6.30. The van der Waals surface area contributed by atoms with Crippen LogP contribution in [0, 0.1) is 0 Å². The third-order valence-electron chi connectivity index (χ3n) is 4.97. The highest BCUT2D eigenvalue weighted by Crippen LogP contribution is 2.43. The zero-order valence-corrected chi connectivity index (χ0v) is 13.1. The van der Waals surface area contributed by atoms with E-state index in [1.807, 2.05) is 0 Å². The van der Waals surface area contributed by atoms with Crippen LogP contribution in [-0.4, -0.2) is 49.3 Å². The molecule has 1 spiro atoms. The van der Waals surface area contributed by atoms with Gasteiger partial charge in [0.25, 0.3) is 0 Å². The SMILES string of the molecule is CC(C)N(C)CCCNCC1CCC2(CCCC2)O1. The Labute approximate surface area is 119 Å². The maximum Gasteiger partial charge on any atom is 0.0708 e. The molecule has 2 fully saturated rings. The highest BCUT2D eigenvalue weighted by Gasteiger charge is 2.41. The average molecular weight is 268 g/mol. The maximum atomic E-state index is 6.30. The minimum Gasteiger partial charge on any atom is -0.370 e. The fourth-order valence-corrected chi connectivity index (χ4v) is 3.40. The Bertz CT molecular complexity index is 261. The summed E-state index contributed by atoms with van der Waals surface area (Å²) in [6.45, 7) is 7.85. The van der Waals surface area contributed by atoms with Crippen molar-refractivity contribution in [2.75, 3.05) is 26.7 Å². The monoisotopic (exact) mass is 268 g/mol. The van der Waals surface area contributed by atoms with Crippen LogP contribution in [0.3, 0.4) is 0 Å². The average Bonchev–Trinajstić information content (AvgIpc) is 3.00. The molecule has 1 unspecified atom stereocenters. The van der Waals surface area contributed by atoms with Crippen LogP contribution in [0.15, 0.2) is 0 Å². The van der Waals surface area contributed by atoms with E-state index in [0.29, 0.717) is 17.7 Å². The molecule has 112 valence electrons. The van der Waals surface area contributed by atoms with E-state index in [1.165, 1.54) is 51.5 Å². The van der Waals surface area contributed by atoms with E-state index in [-0.39, 0.29) is 0 Å². The van der Waals surface area contributed by atoms with Crippen LogP contribution in [0.2, 0.25) is 0 Å². The molecule has 0 aromatic heterocycles. The van der Waals surface area contributed by atoms with Crippen LogP contribution in [0.25, 0.3) is 0 Å². The lowest BCUT2D eigenvalue weighted by Crippen LogP contribution is -2.33. The fourth-order valence-electron chi connectivity index (χ4n) is 3.40. The first-order valence-electron chi connectivity index (χ1n) is 8.20. The molecule has 1 saturated carbocycles. The molecule has 3 heteroatoms. The lowest BCUT2D eigenvalue weighted by molar-refractivity contribution is -0.0350. The van der Waals surface area contributed by atoms with Crippen molar-refractivity contribution in [2.45, 2.75) is 76.5 Å². The van der Waals surface area contributed by atoms with Crippen LogP contribution >= 0.6 is 0 Å². The first kappa shape index (κ1) is 15.3. The van der Waals surface area contributed by atoms with Gasteiger partial charge in [0.1, 0.15) is 0 Å². The Morgan fingerprint density at radius 1 is 1.26 bits per heavy atom. The van der Waals surface area contributed by atoms with Gasteiger partial charge in [0.15, 0.2) is 0 Å². The van der Waals surface area contributed by atoms with Gasteiger partial charge in [-0.1, -0.05) is 12.8 Å². The van der Waals surface area contributed by atoms with Gasteiger partial charge in [0.05, 0.1) is 11.7 Å². The van der Waals surface area contributed by atoms with E-state index in [9.17, 15) is 0 Å². The molecule has 2 aliphatic rings. The van der Waals surface area contributed by atoms with Gasteiger partial charge in [0.2, 0.25) is 0 Å². The van der Waals surface area contributed by atoms with Crippen molar-refractivity contribution in [1.82, 2.24) is 10.2 Å². The van der Waals surface area contributed by atoms with Crippen molar-refractivity contribution in [3.63, 3.8) is 0 Å². The zero-order valence-electron chi connectivity index (χ0n) is 13.1. The van der Waals surface area contributed by atoms with Gasteiger partial charge in [-0.3, -0.25) is 0 Å². The van der Waals surface area contributed by atoms with E-state index >= 15 is 0 Å². The number of hydrogen-bond acceptors (Lipinski definition) is 3. The summed E-state index contributed by atoms with van der Waals surface area (Å²) >= 11 is 0. The molecule has 1 heterocycles. The molecule has 19 heavy (non-hydrogen) atoms. The molecule has 0 amide bonds. The van der Waals surface area contributed by atoms with Crippen LogP contribution < -0.4 is 5.32 Å². The molecule has 3 nitrogen and oxygen atoms in total. The summed E-state index contributed by atoms with van der Waals surface area (Å²) in [5.41, 5.74) is 0.296. The van der Waals surface area contributed by atoms with Crippen molar-refractivity contribution in [2.24, 2.45) is 0 Å². The van der Waals surface area contributed by atoms with Gasteiger partial charge in [-0.15, -0.1) is 0 Å². The summed E-state index contributed by atoms with van der Waals surface area (Å²) < 4.78 is 6.30. The summed E-state index contributed by atoms with van der Waals surface area (Å²) in [5, 5.41) is 3.58. The van der Waals surface area contributed by atoms with Crippen LogP contribution in [-0.2, 0) is 4.74 Å². The summed E-state index contributed by atoms with van der Waals surface area (Å²) in [6.07, 6.45) is 9.64. The number of hydrogen-bond donors (Lipinski definition) is 1. The molecule has 0 aromatic rings. The van der Waals surface area contributed by atoms with Crippen molar-refractivity contribution < 1.29 is 4.74 Å². The van der Waals surface area contributed by atoms with Gasteiger partial charge >= 0.3 is 0 Å². The highest BCUT2D eigenvalue weighted by molar-refractivity contribution is 4.93. The molecule has 1 aliphatic heterocycles. The van der Waals surface area contributed by atoms with E-state index in [1.54, 1.807) is 0 Å². The fraction of sp³-hybridized carbons (Fsp3) is 1.00. The van der Waals surface area contributed by atoms with Gasteiger partial charge in [0, 0.05) is 12.6 Å². The predicted molar refractivity (Wildman–Crippen MR) is 80.6 cm³/mol. The van der Waals surface area contributed by atoms with Crippen LogP contribution in [0.4, 0.5) is 0 Å². The quantitative estimate of drug-likeness (QED) is 0.719. The third-order valence-corrected chi connectivity index (χ3v) is 4.97. The van der Waals surface area contributed by atoms with Crippen LogP contribution in [0.5, 0.6) is 0 Å². The molecule has 1 aliphatic carbocycles. The Morgan fingerprint density at radius 3 is 2.68 bits per heavy atom. The van der Waals surface area contributed by atoms with E-state index in [0.717, 1.165) is 13.1 Å². The smallest absolute Gasteiger partial charge is 0.0708 e. The summed E-state index contributed by atoms with van der Waals surface area (Å²) in [5.74, 6) is 0. The van der Waals surface area contributed by atoms with Gasteiger partial charge in [-0.05, 0) is 66.1 Å². The van der Waals surface area contributed by atoms with Crippen molar-refractivity contribution in [3.8, 4) is 0 Å². The minimum absolute atomic E-state index is 0.296. The second kappa shape index (κ2) is 7.05.